The van der Waals surface area contributed by atoms with E-state index in [1.807, 2.05) is 20.8 Å². The molecule has 0 radical (unpaired) electrons. The minimum atomic E-state index is -3.42. The molecule has 0 saturated heterocycles. The van der Waals surface area contributed by atoms with Crippen LogP contribution < -0.4 is 10.5 Å². The molecule has 0 spiro atoms. The second kappa shape index (κ2) is 5.48. The largest absolute Gasteiger partial charge is 0.326 e. The van der Waals surface area contributed by atoms with E-state index in [-0.39, 0.29) is 0 Å². The maximum Gasteiger partial charge on any atom is 0.250 e. The molecule has 0 bridgehead atoms. The summed E-state index contributed by atoms with van der Waals surface area (Å²) >= 11 is 1.21. The average molecular weight is 276 g/mol. The molecule has 1 aromatic heterocycles. The van der Waals surface area contributed by atoms with E-state index in [2.05, 4.69) is 4.72 Å². The molecule has 0 aliphatic heterocycles. The summed E-state index contributed by atoms with van der Waals surface area (Å²) in [6.45, 7) is 6.19. The van der Waals surface area contributed by atoms with Crippen LogP contribution in [0.1, 0.15) is 39.2 Å². The van der Waals surface area contributed by atoms with Crippen molar-refractivity contribution >= 4 is 21.4 Å². The van der Waals surface area contributed by atoms with Crippen LogP contribution in [0.4, 0.5) is 0 Å². The summed E-state index contributed by atoms with van der Waals surface area (Å²) in [5.74, 6) is 0. The van der Waals surface area contributed by atoms with Crippen LogP contribution in [0.5, 0.6) is 0 Å². The van der Waals surface area contributed by atoms with E-state index in [1.54, 1.807) is 11.4 Å². The minimum Gasteiger partial charge on any atom is -0.326 e. The molecule has 98 valence electrons. The Kier molecular flexibility index (Phi) is 4.71. The molecule has 0 aliphatic carbocycles. The van der Waals surface area contributed by atoms with Crippen LogP contribution in [0, 0.1) is 0 Å². The molecule has 0 amide bonds. The summed E-state index contributed by atoms with van der Waals surface area (Å²) in [7, 11) is -3.42. The van der Waals surface area contributed by atoms with E-state index in [1.165, 1.54) is 11.3 Å². The zero-order valence-corrected chi connectivity index (χ0v) is 12.1. The maximum atomic E-state index is 12.1. The Labute approximate surface area is 107 Å². The minimum absolute atomic E-state index is 0.335. The van der Waals surface area contributed by atoms with Crippen LogP contribution in [0.2, 0.25) is 0 Å². The molecule has 3 N–H and O–H groups in total. The summed E-state index contributed by atoms with van der Waals surface area (Å²) in [6.07, 6.45) is 1.75. The fraction of sp³-hybridized carbons (Fsp3) is 0.636. The summed E-state index contributed by atoms with van der Waals surface area (Å²) in [5, 5.41) is 1.78. The molecule has 1 rings (SSSR count). The third kappa shape index (κ3) is 4.06. The van der Waals surface area contributed by atoms with Gasteiger partial charge in [-0.2, -0.15) is 0 Å². The fourth-order valence-electron chi connectivity index (χ4n) is 1.69. The Morgan fingerprint density at radius 3 is 2.59 bits per heavy atom. The molecule has 0 unspecified atom stereocenters. The highest BCUT2D eigenvalue weighted by Gasteiger charge is 2.26. The van der Waals surface area contributed by atoms with Gasteiger partial charge in [0.15, 0.2) is 0 Å². The smallest absolute Gasteiger partial charge is 0.250 e. The van der Waals surface area contributed by atoms with Crippen LogP contribution in [0.15, 0.2) is 15.7 Å². The number of nitrogens with two attached hydrogens (primary N) is 1. The molecule has 1 aromatic rings. The van der Waals surface area contributed by atoms with Crippen molar-refractivity contribution in [1.82, 2.24) is 4.72 Å². The zero-order chi connectivity index (χ0) is 13.1. The van der Waals surface area contributed by atoms with Crippen LogP contribution >= 0.6 is 11.3 Å². The normalized spacial score (nSPS) is 12.9. The number of thiophene rings is 1. The van der Waals surface area contributed by atoms with Crippen molar-refractivity contribution in [2.75, 3.05) is 0 Å². The summed E-state index contributed by atoms with van der Waals surface area (Å²) in [6, 6.07) is 1.63. The molecule has 6 heteroatoms. The predicted octanol–water partition coefficient (Wildman–Crippen LogP) is 2.06. The molecular formula is C11H20N2O2S2. The topological polar surface area (TPSA) is 72.2 Å². The third-order valence-corrected chi connectivity index (χ3v) is 5.60. The van der Waals surface area contributed by atoms with E-state index >= 15 is 0 Å². The second-order valence-electron chi connectivity index (χ2n) is 4.72. The standard InChI is InChI=1S/C11H20N2O2S2/c1-4-5-11(2,3)13-17(14,15)10-6-9(7-12)8-16-10/h6,8,13H,4-5,7,12H2,1-3H3. The Morgan fingerprint density at radius 1 is 1.47 bits per heavy atom. The Morgan fingerprint density at radius 2 is 2.12 bits per heavy atom. The Bertz CT molecular complexity index is 464. The number of hydrogen-bond donors (Lipinski definition) is 2. The van der Waals surface area contributed by atoms with Crippen molar-refractivity contribution in [2.24, 2.45) is 5.73 Å². The molecular weight excluding hydrogens is 256 g/mol. The lowest BCUT2D eigenvalue weighted by molar-refractivity contribution is 0.418. The Hall–Kier alpha value is -0.430. The van der Waals surface area contributed by atoms with E-state index in [9.17, 15) is 8.42 Å². The lowest BCUT2D eigenvalue weighted by Gasteiger charge is -2.24. The maximum absolute atomic E-state index is 12.1. The van der Waals surface area contributed by atoms with Gasteiger partial charge in [0.25, 0.3) is 10.0 Å². The molecule has 0 atom stereocenters. The van der Waals surface area contributed by atoms with Crippen molar-refractivity contribution < 1.29 is 8.42 Å². The number of nitrogens with one attached hydrogen (secondary N) is 1. The van der Waals surface area contributed by atoms with E-state index in [0.29, 0.717) is 10.8 Å². The van der Waals surface area contributed by atoms with Gasteiger partial charge in [0.1, 0.15) is 4.21 Å². The first-order valence-corrected chi connectivity index (χ1v) is 7.98. The van der Waals surface area contributed by atoms with E-state index in [4.69, 9.17) is 5.73 Å². The molecule has 1 heterocycles. The van der Waals surface area contributed by atoms with Gasteiger partial charge in [0.2, 0.25) is 0 Å². The van der Waals surface area contributed by atoms with Crippen LogP contribution in [0.25, 0.3) is 0 Å². The van der Waals surface area contributed by atoms with Gasteiger partial charge in [-0.15, -0.1) is 11.3 Å². The van der Waals surface area contributed by atoms with Crippen molar-refractivity contribution in [2.45, 2.75) is 49.9 Å². The first-order chi connectivity index (χ1) is 7.80. The zero-order valence-electron chi connectivity index (χ0n) is 10.5. The molecule has 17 heavy (non-hydrogen) atoms. The van der Waals surface area contributed by atoms with E-state index < -0.39 is 15.6 Å². The predicted molar refractivity (Wildman–Crippen MR) is 71.5 cm³/mol. The molecule has 0 saturated carbocycles. The Balaban J connectivity index is 2.88. The monoisotopic (exact) mass is 276 g/mol. The highest BCUT2D eigenvalue weighted by atomic mass is 32.2. The third-order valence-electron chi connectivity index (χ3n) is 2.42. The number of hydrogen-bond acceptors (Lipinski definition) is 4. The average Bonchev–Trinajstić information content (AvgIpc) is 2.64. The SMILES string of the molecule is CCCC(C)(C)NS(=O)(=O)c1cc(CN)cs1. The van der Waals surface area contributed by atoms with Gasteiger partial charge in [-0.1, -0.05) is 13.3 Å². The van der Waals surface area contributed by atoms with Crippen molar-refractivity contribution in [3.05, 3.63) is 17.0 Å². The highest BCUT2D eigenvalue weighted by Crippen LogP contribution is 2.22. The molecule has 0 aromatic carbocycles. The number of sulfonamides is 1. The molecule has 0 aliphatic rings. The summed E-state index contributed by atoms with van der Waals surface area (Å²) in [4.78, 5) is 0. The van der Waals surface area contributed by atoms with Crippen molar-refractivity contribution in [3.63, 3.8) is 0 Å². The van der Waals surface area contributed by atoms with Crippen LogP contribution in [-0.2, 0) is 16.6 Å². The summed E-state index contributed by atoms with van der Waals surface area (Å²) < 4.78 is 27.3. The lowest BCUT2D eigenvalue weighted by Crippen LogP contribution is -2.42. The first kappa shape index (κ1) is 14.6. The molecule has 4 nitrogen and oxygen atoms in total. The second-order valence-corrected chi connectivity index (χ2v) is 7.54. The van der Waals surface area contributed by atoms with Crippen LogP contribution in [-0.4, -0.2) is 14.0 Å². The van der Waals surface area contributed by atoms with Crippen LogP contribution in [0.3, 0.4) is 0 Å². The van der Waals surface area contributed by atoms with Crippen molar-refractivity contribution in [3.8, 4) is 0 Å². The number of rotatable bonds is 6. The fourth-order valence-corrected chi connectivity index (χ4v) is 4.36. The molecule has 0 fully saturated rings. The van der Waals surface area contributed by atoms with Crippen molar-refractivity contribution in [1.29, 1.82) is 0 Å². The van der Waals surface area contributed by atoms with Gasteiger partial charge in [-0.05, 0) is 37.3 Å². The van der Waals surface area contributed by atoms with Gasteiger partial charge in [0, 0.05) is 12.1 Å². The van der Waals surface area contributed by atoms with Gasteiger partial charge >= 0.3 is 0 Å². The van der Waals surface area contributed by atoms with Gasteiger partial charge < -0.3 is 5.73 Å². The first-order valence-electron chi connectivity index (χ1n) is 5.62. The lowest BCUT2D eigenvalue weighted by atomic mass is 10.0. The quantitative estimate of drug-likeness (QED) is 0.835. The van der Waals surface area contributed by atoms with Gasteiger partial charge in [-0.3, -0.25) is 0 Å². The summed E-state index contributed by atoms with van der Waals surface area (Å²) in [5.41, 5.74) is 5.91. The highest BCUT2D eigenvalue weighted by molar-refractivity contribution is 7.91. The van der Waals surface area contributed by atoms with E-state index in [0.717, 1.165) is 18.4 Å². The van der Waals surface area contributed by atoms with Gasteiger partial charge in [0.05, 0.1) is 0 Å². The van der Waals surface area contributed by atoms with Gasteiger partial charge in [-0.25, -0.2) is 13.1 Å².